The third-order valence-electron chi connectivity index (χ3n) is 13.5. The van der Waals surface area contributed by atoms with Crippen LogP contribution < -0.4 is 4.90 Å². The number of rotatable bonds is 5. The molecule has 0 atom stereocenters. The lowest BCUT2D eigenvalue weighted by Gasteiger charge is -2.47. The van der Waals surface area contributed by atoms with E-state index in [2.05, 4.69) is 221 Å². The number of hydrogen-bond donors (Lipinski definition) is 0. The lowest BCUT2D eigenvalue weighted by molar-refractivity contribution is 0.304. The molecule has 0 amide bonds. The fourth-order valence-electron chi connectivity index (χ4n) is 9.97. The minimum absolute atomic E-state index is 0.0571. The monoisotopic (exact) mass is 729 g/mol. The highest BCUT2D eigenvalue weighted by molar-refractivity contribution is 6.26. The van der Waals surface area contributed by atoms with Crippen molar-refractivity contribution in [3.63, 3.8) is 0 Å². The third-order valence-corrected chi connectivity index (χ3v) is 13.5. The lowest BCUT2D eigenvalue weighted by Crippen LogP contribution is -2.42. The van der Waals surface area contributed by atoms with Gasteiger partial charge in [-0.1, -0.05) is 173 Å². The smallest absolute Gasteiger partial charge is 0.0540 e. The first-order chi connectivity index (χ1) is 27.8. The summed E-state index contributed by atoms with van der Waals surface area (Å²) in [5.74, 6) is 0. The molecule has 0 spiro atoms. The average Bonchev–Trinajstić information content (AvgIpc) is 3.26. The van der Waals surface area contributed by atoms with Gasteiger partial charge in [0.1, 0.15) is 0 Å². The molecule has 0 aliphatic heterocycles. The van der Waals surface area contributed by atoms with Crippen LogP contribution in [0.15, 0.2) is 188 Å². The normalized spacial score (nSPS) is 14.2. The SMILES string of the molecule is CC1(C)c2cccc3ccc4cc(-c5ccccc5N(c5ccccc5)c5ccccc5-c5ccc6c7ccccc7c7ccccc7c6c5)cc(c4c23)C1(C)C. The Labute approximate surface area is 334 Å². The maximum Gasteiger partial charge on any atom is 0.0540 e. The van der Waals surface area contributed by atoms with Crippen LogP contribution in [0.25, 0.3) is 76.1 Å². The summed E-state index contributed by atoms with van der Waals surface area (Å²) in [4.78, 5) is 2.47. The van der Waals surface area contributed by atoms with E-state index < -0.39 is 0 Å². The van der Waals surface area contributed by atoms with Gasteiger partial charge in [0, 0.05) is 16.8 Å². The molecule has 0 N–H and O–H groups in total. The van der Waals surface area contributed by atoms with E-state index in [1.807, 2.05) is 0 Å². The zero-order chi connectivity index (χ0) is 38.5. The largest absolute Gasteiger partial charge is 0.309 e. The van der Waals surface area contributed by atoms with Gasteiger partial charge >= 0.3 is 0 Å². The summed E-state index contributed by atoms with van der Waals surface area (Å²) in [6, 6.07) is 69.9. The van der Waals surface area contributed by atoms with Gasteiger partial charge in [-0.05, 0) is 129 Å². The summed E-state index contributed by atoms with van der Waals surface area (Å²) < 4.78 is 0. The van der Waals surface area contributed by atoms with Crippen LogP contribution in [0.4, 0.5) is 17.1 Å². The van der Waals surface area contributed by atoms with Crippen molar-refractivity contribution in [1.82, 2.24) is 0 Å². The van der Waals surface area contributed by atoms with Crippen LogP contribution in [0.1, 0.15) is 38.8 Å². The van der Waals surface area contributed by atoms with E-state index in [1.165, 1.54) is 87.2 Å². The Morgan fingerprint density at radius 2 is 0.842 bits per heavy atom. The van der Waals surface area contributed by atoms with Crippen LogP contribution in [-0.2, 0) is 10.8 Å². The second kappa shape index (κ2) is 12.4. The van der Waals surface area contributed by atoms with Gasteiger partial charge in [-0.15, -0.1) is 0 Å². The van der Waals surface area contributed by atoms with Crippen molar-refractivity contribution in [2.75, 3.05) is 4.90 Å². The Hall–Kier alpha value is -6.70. The predicted octanol–water partition coefficient (Wildman–Crippen LogP) is 15.8. The summed E-state index contributed by atoms with van der Waals surface area (Å²) in [5, 5.41) is 13.1. The molecule has 272 valence electrons. The van der Waals surface area contributed by atoms with Crippen molar-refractivity contribution in [3.05, 3.63) is 199 Å². The Morgan fingerprint density at radius 3 is 1.51 bits per heavy atom. The molecule has 1 heteroatoms. The van der Waals surface area contributed by atoms with Gasteiger partial charge in [-0.3, -0.25) is 0 Å². The van der Waals surface area contributed by atoms with Gasteiger partial charge < -0.3 is 4.90 Å². The van der Waals surface area contributed by atoms with Gasteiger partial charge in [-0.25, -0.2) is 0 Å². The molecule has 1 aliphatic rings. The van der Waals surface area contributed by atoms with E-state index in [1.54, 1.807) is 0 Å². The molecule has 0 bridgehead atoms. The summed E-state index contributed by atoms with van der Waals surface area (Å²) >= 11 is 0. The molecular weight excluding hydrogens is 687 g/mol. The molecule has 1 aliphatic carbocycles. The van der Waals surface area contributed by atoms with Gasteiger partial charge in [0.2, 0.25) is 0 Å². The first-order valence-corrected chi connectivity index (χ1v) is 20.2. The van der Waals surface area contributed by atoms with Crippen LogP contribution in [-0.4, -0.2) is 0 Å². The molecule has 0 saturated carbocycles. The van der Waals surface area contributed by atoms with Crippen LogP contribution in [0.2, 0.25) is 0 Å². The summed E-state index contributed by atoms with van der Waals surface area (Å²) in [6.45, 7) is 9.73. The molecule has 0 radical (unpaired) electrons. The van der Waals surface area contributed by atoms with E-state index in [9.17, 15) is 0 Å². The highest BCUT2D eigenvalue weighted by Gasteiger charge is 2.45. The summed E-state index contributed by atoms with van der Waals surface area (Å²) in [5.41, 5.74) is 10.9. The van der Waals surface area contributed by atoms with Gasteiger partial charge in [0.25, 0.3) is 0 Å². The van der Waals surface area contributed by atoms with E-state index >= 15 is 0 Å². The minimum Gasteiger partial charge on any atom is -0.309 e. The van der Waals surface area contributed by atoms with E-state index in [4.69, 9.17) is 0 Å². The average molecular weight is 730 g/mol. The van der Waals surface area contributed by atoms with Crippen LogP contribution >= 0.6 is 0 Å². The first-order valence-electron chi connectivity index (χ1n) is 20.2. The number of anilines is 3. The standard InChI is InChI=1S/C56H43N/c1-55(2)49-26-16-17-36-29-30-38-33-39(35-50(56(55,3)4)54(38)53(36)49)42-21-13-15-28-52(42)57(40-18-6-5-7-19-40)51-27-14-12-20-41(51)37-31-32-47-45-24-9-8-22-43(45)44-23-10-11-25-46(44)48(47)34-37/h5-35H,1-4H3. The first kappa shape index (κ1) is 33.6. The number of nitrogens with zero attached hydrogens (tertiary/aromatic N) is 1. The minimum atomic E-state index is -0.101. The topological polar surface area (TPSA) is 3.24 Å². The molecular formula is C56H43N. The molecule has 1 nitrogen and oxygen atoms in total. The Morgan fingerprint density at radius 1 is 0.333 bits per heavy atom. The predicted molar refractivity (Wildman–Crippen MR) is 246 cm³/mol. The van der Waals surface area contributed by atoms with Crippen molar-refractivity contribution >= 4 is 70.9 Å². The molecule has 0 saturated heterocycles. The Kier molecular flexibility index (Phi) is 7.32. The second-order valence-corrected chi connectivity index (χ2v) is 16.9. The highest BCUT2D eigenvalue weighted by Crippen LogP contribution is 2.55. The van der Waals surface area contributed by atoms with Gasteiger partial charge in [-0.2, -0.15) is 0 Å². The van der Waals surface area contributed by atoms with Crippen LogP contribution in [0, 0.1) is 0 Å². The Bertz CT molecular complexity index is 3200. The van der Waals surface area contributed by atoms with E-state index in [0.29, 0.717) is 0 Å². The molecule has 0 aromatic heterocycles. The fourth-order valence-corrected chi connectivity index (χ4v) is 9.97. The van der Waals surface area contributed by atoms with Crippen molar-refractivity contribution in [2.45, 2.75) is 38.5 Å². The van der Waals surface area contributed by atoms with Gasteiger partial charge in [0.05, 0.1) is 11.4 Å². The number of benzene rings is 10. The zero-order valence-electron chi connectivity index (χ0n) is 32.8. The van der Waals surface area contributed by atoms with Crippen molar-refractivity contribution in [2.24, 2.45) is 0 Å². The molecule has 0 unspecified atom stereocenters. The molecule has 10 aromatic carbocycles. The third kappa shape index (κ3) is 4.88. The molecule has 0 heterocycles. The number of fused-ring (bicyclic) bond motifs is 6. The summed E-state index contributed by atoms with van der Waals surface area (Å²) in [7, 11) is 0. The number of para-hydroxylation sites is 3. The Balaban J connectivity index is 1.15. The second-order valence-electron chi connectivity index (χ2n) is 16.9. The van der Waals surface area contributed by atoms with E-state index in [0.717, 1.165) is 17.1 Å². The molecule has 0 fully saturated rings. The van der Waals surface area contributed by atoms with Crippen LogP contribution in [0.3, 0.4) is 0 Å². The lowest BCUT2D eigenvalue weighted by atomic mass is 9.56. The maximum absolute atomic E-state index is 2.51. The van der Waals surface area contributed by atoms with Crippen molar-refractivity contribution < 1.29 is 0 Å². The molecule has 57 heavy (non-hydrogen) atoms. The fraction of sp³-hybridized carbons (Fsp3) is 0.107. The summed E-state index contributed by atoms with van der Waals surface area (Å²) in [6.07, 6.45) is 0. The number of hydrogen-bond acceptors (Lipinski definition) is 1. The molecule has 10 aromatic rings. The van der Waals surface area contributed by atoms with Crippen molar-refractivity contribution in [1.29, 1.82) is 0 Å². The quantitative estimate of drug-likeness (QED) is 0.159. The van der Waals surface area contributed by atoms with E-state index in [-0.39, 0.29) is 10.8 Å². The highest BCUT2D eigenvalue weighted by atomic mass is 15.1. The van der Waals surface area contributed by atoms with Gasteiger partial charge in [0.15, 0.2) is 0 Å². The maximum atomic E-state index is 2.51. The van der Waals surface area contributed by atoms with Crippen molar-refractivity contribution in [3.8, 4) is 22.3 Å². The molecule has 11 rings (SSSR count). The zero-order valence-corrected chi connectivity index (χ0v) is 32.8. The van der Waals surface area contributed by atoms with Crippen LogP contribution in [0.5, 0.6) is 0 Å².